The van der Waals surface area contributed by atoms with E-state index in [1.807, 2.05) is 13.8 Å². The molecule has 0 atom stereocenters. The van der Waals surface area contributed by atoms with Crippen LogP contribution >= 0.6 is 10.7 Å². The van der Waals surface area contributed by atoms with Crippen molar-refractivity contribution in [1.82, 2.24) is 0 Å². The van der Waals surface area contributed by atoms with Gasteiger partial charge in [-0.05, 0) is 18.8 Å². The van der Waals surface area contributed by atoms with E-state index >= 15 is 0 Å². The molecular weight excluding hydrogens is 212 g/mol. The molecule has 1 rings (SSSR count). The summed E-state index contributed by atoms with van der Waals surface area (Å²) in [6.45, 7) is 4.88. The molecule has 0 N–H and O–H groups in total. The van der Waals surface area contributed by atoms with E-state index in [9.17, 15) is 8.42 Å². The lowest BCUT2D eigenvalue weighted by molar-refractivity contribution is 0.106. The van der Waals surface area contributed by atoms with Gasteiger partial charge in [-0.25, -0.2) is 8.42 Å². The molecule has 0 unspecified atom stereocenters. The van der Waals surface area contributed by atoms with Gasteiger partial charge >= 0.3 is 0 Å². The summed E-state index contributed by atoms with van der Waals surface area (Å²) in [5.41, 5.74) is 0. The molecule has 13 heavy (non-hydrogen) atoms. The Morgan fingerprint density at radius 2 is 2.00 bits per heavy atom. The first-order valence-electron chi connectivity index (χ1n) is 4.39. The van der Waals surface area contributed by atoms with Gasteiger partial charge in [0.1, 0.15) is 4.75 Å². The quantitative estimate of drug-likeness (QED) is 0.671. The summed E-state index contributed by atoms with van der Waals surface area (Å²) in [5.74, 6) is 0.425. The third-order valence-electron chi connectivity index (χ3n) is 2.14. The highest BCUT2D eigenvalue weighted by Gasteiger charge is 2.54. The lowest BCUT2D eigenvalue weighted by Gasteiger charge is -2.12. The summed E-state index contributed by atoms with van der Waals surface area (Å²) < 4.78 is 26.7. The predicted octanol–water partition coefficient (Wildman–Crippen LogP) is 1.76. The Bertz CT molecular complexity index is 267. The maximum absolute atomic E-state index is 11.1. The number of halogens is 1. The lowest BCUT2D eigenvalue weighted by atomic mass is 10.2. The van der Waals surface area contributed by atoms with Crippen LogP contribution in [0.3, 0.4) is 0 Å². The molecule has 78 valence electrons. The monoisotopic (exact) mass is 226 g/mol. The van der Waals surface area contributed by atoms with Crippen LogP contribution in [0.1, 0.15) is 26.7 Å². The Labute approximate surface area is 83.8 Å². The third kappa shape index (κ3) is 2.82. The minimum absolute atomic E-state index is 0.247. The zero-order valence-electron chi connectivity index (χ0n) is 7.92. The molecule has 0 spiro atoms. The van der Waals surface area contributed by atoms with Crippen molar-refractivity contribution in [2.24, 2.45) is 5.92 Å². The second kappa shape index (κ2) is 3.75. The van der Waals surface area contributed by atoms with E-state index < -0.39 is 13.8 Å². The first-order valence-corrected chi connectivity index (χ1v) is 6.70. The maximum Gasteiger partial charge on any atom is 0.240 e. The Kier molecular flexibility index (Phi) is 3.25. The molecule has 0 amide bonds. The van der Waals surface area contributed by atoms with Crippen LogP contribution in [0.15, 0.2) is 0 Å². The molecule has 0 saturated heterocycles. The van der Waals surface area contributed by atoms with Crippen molar-refractivity contribution in [3.05, 3.63) is 0 Å². The molecule has 5 heteroatoms. The first-order chi connectivity index (χ1) is 5.87. The smallest absolute Gasteiger partial charge is 0.240 e. The molecule has 0 bridgehead atoms. The van der Waals surface area contributed by atoms with Gasteiger partial charge in [-0.2, -0.15) is 0 Å². The molecular formula is C8H15ClO3S. The summed E-state index contributed by atoms with van der Waals surface area (Å²) in [4.78, 5) is 0. The molecule has 1 fully saturated rings. The van der Waals surface area contributed by atoms with Crippen molar-refractivity contribution in [2.75, 3.05) is 13.2 Å². The molecule has 0 aromatic carbocycles. The number of hydrogen-bond donors (Lipinski definition) is 0. The Balaban J connectivity index is 2.37. The van der Waals surface area contributed by atoms with Crippen molar-refractivity contribution in [3.63, 3.8) is 0 Å². The topological polar surface area (TPSA) is 43.4 Å². The summed E-state index contributed by atoms with van der Waals surface area (Å²) >= 11 is 0. The van der Waals surface area contributed by atoms with E-state index in [-0.39, 0.29) is 6.61 Å². The standard InChI is InChI=1S/C8H15ClO3S/c1-7(2)5-12-6-8(3-4-8)13(9,10)11/h7H,3-6H2,1-2H3. The van der Waals surface area contributed by atoms with Crippen molar-refractivity contribution in [1.29, 1.82) is 0 Å². The Morgan fingerprint density at radius 1 is 1.46 bits per heavy atom. The van der Waals surface area contributed by atoms with Gasteiger partial charge in [0.15, 0.2) is 0 Å². The van der Waals surface area contributed by atoms with E-state index in [1.165, 1.54) is 0 Å². The Morgan fingerprint density at radius 3 is 2.31 bits per heavy atom. The second-order valence-corrected chi connectivity index (χ2v) is 6.99. The molecule has 3 nitrogen and oxygen atoms in total. The average molecular weight is 227 g/mol. The molecule has 0 aromatic rings. The van der Waals surface area contributed by atoms with Crippen LogP contribution in [0.25, 0.3) is 0 Å². The van der Waals surface area contributed by atoms with E-state index in [2.05, 4.69) is 0 Å². The molecule has 1 aliphatic rings. The van der Waals surface area contributed by atoms with Gasteiger partial charge in [-0.1, -0.05) is 13.8 Å². The maximum atomic E-state index is 11.1. The fourth-order valence-electron chi connectivity index (χ4n) is 1.08. The highest BCUT2D eigenvalue weighted by molar-refractivity contribution is 8.15. The number of rotatable bonds is 5. The zero-order valence-corrected chi connectivity index (χ0v) is 9.49. The van der Waals surface area contributed by atoms with Gasteiger partial charge in [0.25, 0.3) is 0 Å². The van der Waals surface area contributed by atoms with Crippen LogP contribution < -0.4 is 0 Å². The fourth-order valence-corrected chi connectivity index (χ4v) is 2.49. The number of hydrogen-bond acceptors (Lipinski definition) is 3. The summed E-state index contributed by atoms with van der Waals surface area (Å²) in [5, 5.41) is 0. The minimum Gasteiger partial charge on any atom is -0.379 e. The van der Waals surface area contributed by atoms with Gasteiger partial charge in [-0.3, -0.25) is 0 Å². The fraction of sp³-hybridized carbons (Fsp3) is 1.00. The molecule has 1 aliphatic carbocycles. The number of ether oxygens (including phenoxy) is 1. The predicted molar refractivity (Wildman–Crippen MR) is 52.4 cm³/mol. The zero-order chi connectivity index (χ0) is 10.1. The van der Waals surface area contributed by atoms with Crippen LogP contribution in [-0.4, -0.2) is 26.4 Å². The van der Waals surface area contributed by atoms with Crippen LogP contribution in [0, 0.1) is 5.92 Å². The van der Waals surface area contributed by atoms with E-state index in [0.717, 1.165) is 0 Å². The highest BCUT2D eigenvalue weighted by Crippen LogP contribution is 2.45. The SMILES string of the molecule is CC(C)COCC1(S(=O)(=O)Cl)CC1. The lowest BCUT2D eigenvalue weighted by Crippen LogP contribution is -2.25. The van der Waals surface area contributed by atoms with Crippen molar-refractivity contribution < 1.29 is 13.2 Å². The van der Waals surface area contributed by atoms with E-state index in [1.54, 1.807) is 0 Å². The van der Waals surface area contributed by atoms with Gasteiger partial charge in [0.05, 0.1) is 6.61 Å². The van der Waals surface area contributed by atoms with E-state index in [4.69, 9.17) is 15.4 Å². The minimum atomic E-state index is -3.44. The summed E-state index contributed by atoms with van der Waals surface area (Å²) in [7, 11) is 1.85. The molecule has 0 radical (unpaired) electrons. The normalized spacial score (nSPS) is 20.6. The van der Waals surface area contributed by atoms with Crippen molar-refractivity contribution in [2.45, 2.75) is 31.4 Å². The molecule has 0 aliphatic heterocycles. The summed E-state index contributed by atoms with van der Waals surface area (Å²) in [6.07, 6.45) is 1.27. The summed E-state index contributed by atoms with van der Waals surface area (Å²) in [6, 6.07) is 0. The second-order valence-electron chi connectivity index (χ2n) is 4.03. The van der Waals surface area contributed by atoms with Gasteiger partial charge < -0.3 is 4.74 Å². The van der Waals surface area contributed by atoms with Gasteiger partial charge in [-0.15, -0.1) is 0 Å². The Hall–Kier alpha value is 0.200. The van der Waals surface area contributed by atoms with Crippen molar-refractivity contribution in [3.8, 4) is 0 Å². The van der Waals surface area contributed by atoms with Crippen LogP contribution in [0.4, 0.5) is 0 Å². The first kappa shape index (κ1) is 11.3. The van der Waals surface area contributed by atoms with Crippen LogP contribution in [0.5, 0.6) is 0 Å². The van der Waals surface area contributed by atoms with Gasteiger partial charge in [0.2, 0.25) is 9.05 Å². The largest absolute Gasteiger partial charge is 0.379 e. The van der Waals surface area contributed by atoms with Crippen LogP contribution in [-0.2, 0) is 13.8 Å². The van der Waals surface area contributed by atoms with Crippen molar-refractivity contribution >= 4 is 19.7 Å². The van der Waals surface area contributed by atoms with Gasteiger partial charge in [0, 0.05) is 17.3 Å². The van der Waals surface area contributed by atoms with E-state index in [0.29, 0.717) is 25.4 Å². The molecule has 1 saturated carbocycles. The average Bonchev–Trinajstić information content (AvgIpc) is 2.65. The third-order valence-corrected chi connectivity index (χ3v) is 4.68. The molecule has 0 heterocycles. The van der Waals surface area contributed by atoms with Crippen LogP contribution in [0.2, 0.25) is 0 Å². The molecule has 0 aromatic heterocycles. The highest BCUT2D eigenvalue weighted by atomic mass is 35.7.